The summed E-state index contributed by atoms with van der Waals surface area (Å²) in [5.41, 5.74) is 0.0772. The van der Waals surface area contributed by atoms with Crippen LogP contribution in [0, 0.1) is 0 Å². The van der Waals surface area contributed by atoms with Crippen LogP contribution in [0.1, 0.15) is 48.9 Å². The van der Waals surface area contributed by atoms with Crippen LogP contribution in [0.4, 0.5) is 0 Å². The van der Waals surface area contributed by atoms with Crippen molar-refractivity contribution >= 4 is 21.9 Å². The second kappa shape index (κ2) is 9.58. The highest BCUT2D eigenvalue weighted by molar-refractivity contribution is 7.89. The smallest absolute Gasteiger partial charge is 0.338 e. The van der Waals surface area contributed by atoms with Gasteiger partial charge in [0.05, 0.1) is 12.7 Å². The van der Waals surface area contributed by atoms with Gasteiger partial charge in [-0.25, -0.2) is 13.2 Å². The number of nitrogens with zero attached hydrogens (tertiary/aromatic N) is 2. The quantitative estimate of drug-likeness (QED) is 0.649. The number of sulfonamides is 1. The van der Waals surface area contributed by atoms with Crippen LogP contribution in [-0.4, -0.2) is 69.4 Å². The van der Waals surface area contributed by atoms with E-state index in [1.807, 2.05) is 0 Å². The second-order valence-corrected chi connectivity index (χ2v) is 9.25. The second-order valence-electron chi connectivity index (χ2n) is 7.35. The molecule has 0 aromatic heterocycles. The first-order valence-corrected chi connectivity index (χ1v) is 11.5. The van der Waals surface area contributed by atoms with Gasteiger partial charge in [0.2, 0.25) is 10.0 Å². The normalized spacial score (nSPS) is 18.3. The Morgan fingerprint density at radius 3 is 2.21 bits per heavy atom. The SMILES string of the molecule is COc1ccc(C(=O)OCC(=O)N2CCCC2)cc1S(=O)(=O)N1CCCCCC1. The Labute approximate surface area is 171 Å². The van der Waals surface area contributed by atoms with Crippen molar-refractivity contribution < 1.29 is 27.5 Å². The van der Waals surface area contributed by atoms with Crippen LogP contribution < -0.4 is 4.74 Å². The van der Waals surface area contributed by atoms with Gasteiger partial charge >= 0.3 is 5.97 Å². The summed E-state index contributed by atoms with van der Waals surface area (Å²) in [5.74, 6) is -0.784. The maximum Gasteiger partial charge on any atom is 0.338 e. The van der Waals surface area contributed by atoms with Crippen LogP contribution in [0.3, 0.4) is 0 Å². The van der Waals surface area contributed by atoms with Crippen molar-refractivity contribution in [3.05, 3.63) is 23.8 Å². The lowest BCUT2D eigenvalue weighted by atomic mass is 10.2. The third kappa shape index (κ3) is 5.08. The molecule has 29 heavy (non-hydrogen) atoms. The highest BCUT2D eigenvalue weighted by Crippen LogP contribution is 2.29. The van der Waals surface area contributed by atoms with Crippen molar-refractivity contribution in [1.29, 1.82) is 0 Å². The number of likely N-dealkylation sites (tertiary alicyclic amines) is 1. The van der Waals surface area contributed by atoms with E-state index in [-0.39, 0.29) is 28.7 Å². The lowest BCUT2D eigenvalue weighted by Gasteiger charge is -2.21. The van der Waals surface area contributed by atoms with Crippen molar-refractivity contribution in [1.82, 2.24) is 9.21 Å². The topological polar surface area (TPSA) is 93.2 Å². The van der Waals surface area contributed by atoms with Gasteiger partial charge in [0, 0.05) is 26.2 Å². The number of ether oxygens (including phenoxy) is 2. The molecule has 3 rings (SSSR count). The van der Waals surface area contributed by atoms with Crippen molar-refractivity contribution in [2.75, 3.05) is 39.9 Å². The first-order valence-electron chi connectivity index (χ1n) is 10.1. The molecule has 0 spiro atoms. The lowest BCUT2D eigenvalue weighted by Crippen LogP contribution is -2.32. The summed E-state index contributed by atoms with van der Waals surface area (Å²) < 4.78 is 38.1. The Morgan fingerprint density at radius 1 is 0.966 bits per heavy atom. The molecule has 2 heterocycles. The number of rotatable bonds is 6. The molecule has 2 fully saturated rings. The highest BCUT2D eigenvalue weighted by Gasteiger charge is 2.29. The molecule has 0 aliphatic carbocycles. The molecule has 0 bridgehead atoms. The number of benzene rings is 1. The van der Waals surface area contributed by atoms with Gasteiger partial charge in [-0.05, 0) is 43.9 Å². The minimum absolute atomic E-state index is 0.0535. The van der Waals surface area contributed by atoms with E-state index in [2.05, 4.69) is 0 Å². The van der Waals surface area contributed by atoms with Crippen molar-refractivity contribution in [2.45, 2.75) is 43.4 Å². The Bertz CT molecular complexity index is 841. The van der Waals surface area contributed by atoms with Gasteiger partial charge in [-0.2, -0.15) is 4.31 Å². The highest BCUT2D eigenvalue weighted by atomic mass is 32.2. The molecule has 1 aromatic rings. The maximum absolute atomic E-state index is 13.2. The van der Waals surface area contributed by atoms with Crippen LogP contribution in [0.5, 0.6) is 5.75 Å². The molecule has 0 unspecified atom stereocenters. The standard InChI is InChI=1S/C20H28N2O6S/c1-27-17-9-8-16(20(24)28-15-19(23)21-10-6-7-11-21)14-18(17)29(25,26)22-12-4-2-3-5-13-22/h8-9,14H,2-7,10-13,15H2,1H3. The molecule has 0 atom stereocenters. The monoisotopic (exact) mass is 424 g/mol. The van der Waals surface area contributed by atoms with Crippen LogP contribution in [-0.2, 0) is 19.6 Å². The van der Waals surface area contributed by atoms with E-state index in [0.29, 0.717) is 26.2 Å². The number of hydrogen-bond donors (Lipinski definition) is 0. The lowest BCUT2D eigenvalue weighted by molar-refractivity contribution is -0.133. The zero-order valence-corrected chi connectivity index (χ0v) is 17.6. The zero-order valence-electron chi connectivity index (χ0n) is 16.8. The molecule has 9 heteroatoms. The number of hydrogen-bond acceptors (Lipinski definition) is 6. The molecule has 0 N–H and O–H groups in total. The van der Waals surface area contributed by atoms with Gasteiger partial charge in [-0.1, -0.05) is 12.8 Å². The summed E-state index contributed by atoms with van der Waals surface area (Å²) in [4.78, 5) is 26.1. The molecular weight excluding hydrogens is 396 g/mol. The number of carbonyl (C=O) groups excluding carboxylic acids is 2. The predicted molar refractivity (Wildman–Crippen MR) is 106 cm³/mol. The van der Waals surface area contributed by atoms with Gasteiger partial charge in [-0.3, -0.25) is 4.79 Å². The van der Waals surface area contributed by atoms with E-state index in [1.165, 1.54) is 29.6 Å². The average Bonchev–Trinajstić information content (AvgIpc) is 3.13. The summed E-state index contributed by atoms with van der Waals surface area (Å²) in [6, 6.07) is 4.17. The third-order valence-corrected chi connectivity index (χ3v) is 7.29. The van der Waals surface area contributed by atoms with Gasteiger partial charge in [0.25, 0.3) is 5.91 Å². The fourth-order valence-corrected chi connectivity index (χ4v) is 5.39. The van der Waals surface area contributed by atoms with Gasteiger partial charge in [0.15, 0.2) is 6.61 Å². The van der Waals surface area contributed by atoms with E-state index in [0.717, 1.165) is 38.5 Å². The molecule has 2 saturated heterocycles. The molecule has 2 aliphatic heterocycles. The summed E-state index contributed by atoms with van der Waals surface area (Å²) >= 11 is 0. The molecule has 1 aromatic carbocycles. The minimum Gasteiger partial charge on any atom is -0.495 e. The molecular formula is C20H28N2O6S. The molecule has 0 radical (unpaired) electrons. The van der Waals surface area contributed by atoms with Crippen molar-refractivity contribution in [3.8, 4) is 5.75 Å². The third-order valence-electron chi connectivity index (χ3n) is 5.37. The Balaban J connectivity index is 1.77. The van der Waals surface area contributed by atoms with Crippen LogP contribution in [0.25, 0.3) is 0 Å². The fraction of sp³-hybridized carbons (Fsp3) is 0.600. The van der Waals surface area contributed by atoms with Crippen molar-refractivity contribution in [3.63, 3.8) is 0 Å². The first-order chi connectivity index (χ1) is 13.9. The number of amides is 1. The Kier molecular flexibility index (Phi) is 7.13. The summed E-state index contributed by atoms with van der Waals surface area (Å²) in [6.45, 7) is 1.91. The van der Waals surface area contributed by atoms with Gasteiger partial charge in [-0.15, -0.1) is 0 Å². The number of methoxy groups -OCH3 is 1. The fourth-order valence-electron chi connectivity index (χ4n) is 3.69. The molecule has 1 amide bonds. The van der Waals surface area contributed by atoms with Crippen LogP contribution >= 0.6 is 0 Å². The van der Waals surface area contributed by atoms with Crippen molar-refractivity contribution in [2.24, 2.45) is 0 Å². The Morgan fingerprint density at radius 2 is 1.59 bits per heavy atom. The molecule has 8 nitrogen and oxygen atoms in total. The minimum atomic E-state index is -3.80. The van der Waals surface area contributed by atoms with Gasteiger partial charge < -0.3 is 14.4 Å². The van der Waals surface area contributed by atoms with Gasteiger partial charge in [0.1, 0.15) is 10.6 Å². The van der Waals surface area contributed by atoms with Crippen LogP contribution in [0.2, 0.25) is 0 Å². The largest absolute Gasteiger partial charge is 0.495 e. The van der Waals surface area contributed by atoms with E-state index in [9.17, 15) is 18.0 Å². The molecule has 160 valence electrons. The van der Waals surface area contributed by atoms with E-state index < -0.39 is 16.0 Å². The van der Waals surface area contributed by atoms with E-state index in [1.54, 1.807) is 4.90 Å². The summed E-state index contributed by atoms with van der Waals surface area (Å²) in [7, 11) is -2.41. The molecule has 2 aliphatic rings. The van der Waals surface area contributed by atoms with Crippen LogP contribution in [0.15, 0.2) is 23.1 Å². The number of carbonyl (C=O) groups is 2. The van der Waals surface area contributed by atoms with E-state index in [4.69, 9.17) is 9.47 Å². The zero-order chi connectivity index (χ0) is 20.9. The van der Waals surface area contributed by atoms with E-state index >= 15 is 0 Å². The summed E-state index contributed by atoms with van der Waals surface area (Å²) in [6.07, 6.45) is 5.52. The molecule has 0 saturated carbocycles. The predicted octanol–water partition coefficient (Wildman–Crippen LogP) is 2.04. The average molecular weight is 425 g/mol. The number of esters is 1. The maximum atomic E-state index is 13.2. The summed E-state index contributed by atoms with van der Waals surface area (Å²) in [5, 5.41) is 0. The Hall–Kier alpha value is -2.13. The first kappa shape index (κ1) is 21.6.